The van der Waals surface area contributed by atoms with E-state index in [0.717, 1.165) is 37.7 Å². The molecule has 0 bridgehead atoms. The van der Waals surface area contributed by atoms with Crippen LogP contribution in [-0.2, 0) is 24.3 Å². The Kier molecular flexibility index (Phi) is 3.78. The largest absolute Gasteiger partial charge is 0.312 e. The number of imidazole rings is 1. The molecule has 1 aromatic heterocycles. The Morgan fingerprint density at radius 1 is 1.35 bits per heavy atom. The van der Waals surface area contributed by atoms with Crippen molar-refractivity contribution in [1.82, 2.24) is 14.9 Å². The lowest BCUT2D eigenvalue weighted by atomic mass is 10.1. The molecule has 104 valence electrons. The summed E-state index contributed by atoms with van der Waals surface area (Å²) in [7, 11) is 0. The molecule has 1 amide bonds. The third kappa shape index (κ3) is 2.88. The van der Waals surface area contributed by atoms with E-state index in [1.165, 1.54) is 5.56 Å². The van der Waals surface area contributed by atoms with Gasteiger partial charge in [-0.05, 0) is 12.0 Å². The molecule has 5 heteroatoms. The Morgan fingerprint density at radius 2 is 2.20 bits per heavy atom. The van der Waals surface area contributed by atoms with Gasteiger partial charge < -0.3 is 15.2 Å². The summed E-state index contributed by atoms with van der Waals surface area (Å²) in [6.07, 6.45) is 2.99. The molecule has 1 aliphatic heterocycles. The maximum atomic E-state index is 12.0. The molecule has 0 radical (unpaired) electrons. The number of benzene rings is 1. The first kappa shape index (κ1) is 12.9. The fourth-order valence-electron chi connectivity index (χ4n) is 2.40. The number of hydrogen-bond donors (Lipinski definition) is 2. The number of anilines is 1. The SMILES string of the molecule is O=C(CCc1ccccc1)Nc1cnc2n1CCNC2. The van der Waals surface area contributed by atoms with E-state index >= 15 is 0 Å². The van der Waals surface area contributed by atoms with Gasteiger partial charge in [0.25, 0.3) is 0 Å². The maximum absolute atomic E-state index is 12.0. The summed E-state index contributed by atoms with van der Waals surface area (Å²) < 4.78 is 2.07. The first-order valence-corrected chi connectivity index (χ1v) is 6.92. The number of aryl methyl sites for hydroxylation is 1. The van der Waals surface area contributed by atoms with Crippen molar-refractivity contribution in [3.8, 4) is 0 Å². The highest BCUT2D eigenvalue weighted by Crippen LogP contribution is 2.14. The van der Waals surface area contributed by atoms with E-state index in [1.807, 2.05) is 30.3 Å². The number of rotatable bonds is 4. The molecule has 0 spiro atoms. The molecule has 1 aliphatic rings. The topological polar surface area (TPSA) is 59.0 Å². The van der Waals surface area contributed by atoms with E-state index in [9.17, 15) is 4.79 Å². The summed E-state index contributed by atoms with van der Waals surface area (Å²) >= 11 is 0. The minimum atomic E-state index is 0.0371. The van der Waals surface area contributed by atoms with Crippen LogP contribution in [0.15, 0.2) is 36.5 Å². The van der Waals surface area contributed by atoms with Crippen LogP contribution in [0.2, 0.25) is 0 Å². The molecule has 0 aliphatic carbocycles. The second-order valence-electron chi connectivity index (χ2n) is 4.92. The summed E-state index contributed by atoms with van der Waals surface area (Å²) in [4.78, 5) is 16.3. The average Bonchev–Trinajstić information content (AvgIpc) is 2.90. The van der Waals surface area contributed by atoms with E-state index in [1.54, 1.807) is 6.20 Å². The van der Waals surface area contributed by atoms with E-state index in [0.29, 0.717) is 6.42 Å². The van der Waals surface area contributed by atoms with Crippen molar-refractivity contribution >= 4 is 11.7 Å². The fourth-order valence-corrected chi connectivity index (χ4v) is 2.40. The van der Waals surface area contributed by atoms with Gasteiger partial charge in [0.15, 0.2) is 0 Å². The molecule has 0 fully saturated rings. The molecule has 5 nitrogen and oxygen atoms in total. The molecule has 1 aromatic carbocycles. The van der Waals surface area contributed by atoms with Gasteiger partial charge >= 0.3 is 0 Å². The van der Waals surface area contributed by atoms with Crippen molar-refractivity contribution in [3.05, 3.63) is 47.9 Å². The van der Waals surface area contributed by atoms with Gasteiger partial charge in [-0.25, -0.2) is 4.98 Å². The zero-order valence-electron chi connectivity index (χ0n) is 11.3. The number of hydrogen-bond acceptors (Lipinski definition) is 3. The van der Waals surface area contributed by atoms with Crippen LogP contribution < -0.4 is 10.6 Å². The minimum Gasteiger partial charge on any atom is -0.312 e. The number of nitrogens with one attached hydrogen (secondary N) is 2. The Labute approximate surface area is 118 Å². The number of fused-ring (bicyclic) bond motifs is 1. The Morgan fingerprint density at radius 3 is 3.05 bits per heavy atom. The summed E-state index contributed by atoms with van der Waals surface area (Å²) in [5.74, 6) is 1.82. The number of carbonyl (C=O) groups excluding carboxylic acids is 1. The summed E-state index contributed by atoms with van der Waals surface area (Å²) in [5, 5.41) is 6.21. The van der Waals surface area contributed by atoms with Gasteiger partial charge in [0.1, 0.15) is 11.6 Å². The highest BCUT2D eigenvalue weighted by atomic mass is 16.1. The molecule has 0 unspecified atom stereocenters. The number of amides is 1. The molecular formula is C15H18N4O. The van der Waals surface area contributed by atoms with Gasteiger partial charge in [0.2, 0.25) is 5.91 Å². The zero-order chi connectivity index (χ0) is 13.8. The summed E-state index contributed by atoms with van der Waals surface area (Å²) in [5.41, 5.74) is 1.18. The van der Waals surface area contributed by atoms with Crippen LogP contribution in [0.4, 0.5) is 5.82 Å². The lowest BCUT2D eigenvalue weighted by molar-refractivity contribution is -0.116. The van der Waals surface area contributed by atoms with Crippen LogP contribution in [0.1, 0.15) is 17.8 Å². The molecule has 2 heterocycles. The molecule has 0 saturated carbocycles. The lowest BCUT2D eigenvalue weighted by Gasteiger charge is -2.17. The van der Waals surface area contributed by atoms with Crippen LogP contribution in [0.5, 0.6) is 0 Å². The van der Waals surface area contributed by atoms with Gasteiger partial charge in [-0.3, -0.25) is 4.79 Å². The smallest absolute Gasteiger partial charge is 0.225 e. The Balaban J connectivity index is 1.58. The maximum Gasteiger partial charge on any atom is 0.225 e. The average molecular weight is 270 g/mol. The van der Waals surface area contributed by atoms with Crippen LogP contribution in [-0.4, -0.2) is 22.0 Å². The van der Waals surface area contributed by atoms with E-state index in [-0.39, 0.29) is 5.91 Å². The van der Waals surface area contributed by atoms with Crippen molar-refractivity contribution in [3.63, 3.8) is 0 Å². The zero-order valence-corrected chi connectivity index (χ0v) is 11.3. The van der Waals surface area contributed by atoms with Crippen molar-refractivity contribution in [2.75, 3.05) is 11.9 Å². The lowest BCUT2D eigenvalue weighted by Crippen LogP contribution is -2.29. The summed E-state index contributed by atoms with van der Waals surface area (Å²) in [6.45, 7) is 2.53. The van der Waals surface area contributed by atoms with Crippen LogP contribution in [0, 0.1) is 0 Å². The van der Waals surface area contributed by atoms with Gasteiger partial charge in [0, 0.05) is 19.5 Å². The third-order valence-electron chi connectivity index (χ3n) is 3.48. The first-order valence-electron chi connectivity index (χ1n) is 6.92. The standard InChI is InChI=1S/C15H18N4O/c20-15(7-6-12-4-2-1-3-5-12)18-14-11-17-13-10-16-8-9-19(13)14/h1-5,11,16H,6-10H2,(H,18,20). The second kappa shape index (κ2) is 5.88. The minimum absolute atomic E-state index is 0.0371. The Bertz CT molecular complexity index is 591. The van der Waals surface area contributed by atoms with Crippen molar-refractivity contribution in [1.29, 1.82) is 0 Å². The van der Waals surface area contributed by atoms with Crippen molar-refractivity contribution in [2.45, 2.75) is 25.9 Å². The predicted molar refractivity (Wildman–Crippen MR) is 77.3 cm³/mol. The fraction of sp³-hybridized carbons (Fsp3) is 0.333. The molecule has 0 atom stereocenters. The van der Waals surface area contributed by atoms with Gasteiger partial charge in [0.05, 0.1) is 12.7 Å². The van der Waals surface area contributed by atoms with Gasteiger partial charge in [-0.15, -0.1) is 0 Å². The molecule has 0 saturated heterocycles. The quantitative estimate of drug-likeness (QED) is 0.886. The van der Waals surface area contributed by atoms with Crippen LogP contribution >= 0.6 is 0 Å². The normalized spacial score (nSPS) is 13.8. The number of carbonyl (C=O) groups is 1. The van der Waals surface area contributed by atoms with Crippen LogP contribution in [0.25, 0.3) is 0 Å². The number of aromatic nitrogens is 2. The molecule has 3 rings (SSSR count). The van der Waals surface area contributed by atoms with Gasteiger partial charge in [-0.1, -0.05) is 30.3 Å². The van der Waals surface area contributed by atoms with Crippen molar-refractivity contribution in [2.24, 2.45) is 0 Å². The predicted octanol–water partition coefficient (Wildman–Crippen LogP) is 1.56. The highest BCUT2D eigenvalue weighted by Gasteiger charge is 2.14. The summed E-state index contributed by atoms with van der Waals surface area (Å²) in [6, 6.07) is 10.1. The van der Waals surface area contributed by atoms with E-state index in [4.69, 9.17) is 0 Å². The molecule has 20 heavy (non-hydrogen) atoms. The van der Waals surface area contributed by atoms with Crippen molar-refractivity contribution < 1.29 is 4.79 Å². The first-order chi connectivity index (χ1) is 9.83. The Hall–Kier alpha value is -2.14. The molecule has 2 N–H and O–H groups in total. The third-order valence-corrected chi connectivity index (χ3v) is 3.48. The van der Waals surface area contributed by atoms with Crippen LogP contribution in [0.3, 0.4) is 0 Å². The molecule has 2 aromatic rings. The molecular weight excluding hydrogens is 252 g/mol. The second-order valence-corrected chi connectivity index (χ2v) is 4.92. The monoisotopic (exact) mass is 270 g/mol. The van der Waals surface area contributed by atoms with Gasteiger partial charge in [-0.2, -0.15) is 0 Å². The van der Waals surface area contributed by atoms with E-state index < -0.39 is 0 Å². The highest BCUT2D eigenvalue weighted by molar-refractivity contribution is 5.90. The number of nitrogens with zero attached hydrogens (tertiary/aromatic N) is 2. The van der Waals surface area contributed by atoms with E-state index in [2.05, 4.69) is 20.2 Å².